The summed E-state index contributed by atoms with van der Waals surface area (Å²) in [5.41, 5.74) is 5.57. The van der Waals surface area contributed by atoms with Gasteiger partial charge in [0.25, 0.3) is 0 Å². The number of amides is 2. The van der Waals surface area contributed by atoms with Crippen molar-refractivity contribution in [1.29, 1.82) is 0 Å². The molecule has 0 unspecified atom stereocenters. The van der Waals surface area contributed by atoms with Crippen molar-refractivity contribution in [2.24, 2.45) is 0 Å². The number of aryl methyl sites for hydroxylation is 1. The third-order valence-corrected chi connectivity index (χ3v) is 5.54. The van der Waals surface area contributed by atoms with Crippen LogP contribution in [0.3, 0.4) is 0 Å². The maximum atomic E-state index is 12.5. The van der Waals surface area contributed by atoms with Gasteiger partial charge in [0.2, 0.25) is 0 Å². The summed E-state index contributed by atoms with van der Waals surface area (Å²) in [4.78, 5) is 33.4. The highest BCUT2D eigenvalue weighted by atomic mass is 16.2. The number of aromatic nitrogens is 8. The van der Waals surface area contributed by atoms with E-state index in [-0.39, 0.29) is 6.03 Å². The number of imidazole rings is 2. The Labute approximate surface area is 204 Å². The fourth-order valence-corrected chi connectivity index (χ4v) is 3.83. The first kappa shape index (κ1) is 21.2. The maximum Gasteiger partial charge on any atom is 0.324 e. The molecule has 0 spiro atoms. The molecule has 36 heavy (non-hydrogen) atoms. The number of hydrogen-bond acceptors (Lipinski definition) is 6. The number of carbonyl (C=O) groups is 1. The minimum absolute atomic E-state index is 0.390. The van der Waals surface area contributed by atoms with E-state index in [0.717, 1.165) is 27.9 Å². The van der Waals surface area contributed by atoms with Crippen molar-refractivity contribution in [3.63, 3.8) is 0 Å². The second-order valence-corrected chi connectivity index (χ2v) is 8.10. The molecular weight excluding hydrogens is 456 g/mol. The number of H-pyrrole nitrogens is 2. The molecule has 5 aromatic heterocycles. The number of urea groups is 1. The van der Waals surface area contributed by atoms with Gasteiger partial charge in [0.1, 0.15) is 23.5 Å². The van der Waals surface area contributed by atoms with E-state index in [4.69, 9.17) is 4.98 Å². The number of pyridine rings is 2. The Kier molecular flexibility index (Phi) is 5.19. The van der Waals surface area contributed by atoms with E-state index in [1.54, 1.807) is 31.0 Å². The molecule has 0 aliphatic heterocycles. The van der Waals surface area contributed by atoms with Gasteiger partial charge in [0.05, 0.1) is 16.9 Å². The first-order chi connectivity index (χ1) is 17.6. The molecule has 11 nitrogen and oxygen atoms in total. The predicted molar refractivity (Wildman–Crippen MR) is 136 cm³/mol. The van der Waals surface area contributed by atoms with E-state index in [9.17, 15) is 4.79 Å². The summed E-state index contributed by atoms with van der Waals surface area (Å²) in [7, 11) is 0. The number of anilines is 2. The number of rotatable bonds is 5. The number of carbonyl (C=O) groups excluding carboxylic acids is 1. The molecule has 0 aliphatic carbocycles. The summed E-state index contributed by atoms with van der Waals surface area (Å²) in [5, 5.41) is 12.6. The largest absolute Gasteiger partial charge is 0.338 e. The van der Waals surface area contributed by atoms with Crippen molar-refractivity contribution in [1.82, 2.24) is 39.7 Å². The minimum Gasteiger partial charge on any atom is -0.338 e. The van der Waals surface area contributed by atoms with Crippen molar-refractivity contribution in [2.45, 2.75) is 6.92 Å². The summed E-state index contributed by atoms with van der Waals surface area (Å²) in [6.45, 7) is 1.93. The molecule has 0 aliphatic rings. The topological polar surface area (TPSA) is 142 Å². The van der Waals surface area contributed by atoms with Crippen LogP contribution in [0.2, 0.25) is 0 Å². The Morgan fingerprint density at radius 2 is 1.89 bits per heavy atom. The molecule has 2 amide bonds. The van der Waals surface area contributed by atoms with Gasteiger partial charge in [-0.15, -0.1) is 0 Å². The first-order valence-corrected chi connectivity index (χ1v) is 11.1. The van der Waals surface area contributed by atoms with Crippen LogP contribution in [0.15, 0.2) is 79.6 Å². The van der Waals surface area contributed by atoms with Crippen LogP contribution in [-0.4, -0.2) is 45.7 Å². The lowest BCUT2D eigenvalue weighted by molar-refractivity contribution is 0.262. The van der Waals surface area contributed by atoms with Gasteiger partial charge in [-0.1, -0.05) is 0 Å². The highest BCUT2D eigenvalue weighted by Gasteiger charge is 2.13. The monoisotopic (exact) mass is 476 g/mol. The lowest BCUT2D eigenvalue weighted by Crippen LogP contribution is -2.19. The third kappa shape index (κ3) is 4.16. The van der Waals surface area contributed by atoms with Gasteiger partial charge >= 0.3 is 6.03 Å². The summed E-state index contributed by atoms with van der Waals surface area (Å²) < 4.78 is 1.85. The maximum absolute atomic E-state index is 12.5. The Hall–Kier alpha value is -5.32. The highest BCUT2D eigenvalue weighted by molar-refractivity contribution is 5.99. The molecule has 0 saturated heterocycles. The Morgan fingerprint density at radius 3 is 2.67 bits per heavy atom. The number of nitrogens with one attached hydrogen (secondary N) is 4. The molecule has 0 saturated carbocycles. The molecule has 6 aromatic rings. The quantitative estimate of drug-likeness (QED) is 0.288. The zero-order valence-electron chi connectivity index (χ0n) is 19.1. The van der Waals surface area contributed by atoms with Gasteiger partial charge in [-0.25, -0.2) is 19.7 Å². The molecule has 5 heterocycles. The van der Waals surface area contributed by atoms with Crippen molar-refractivity contribution in [3.8, 4) is 28.5 Å². The molecule has 176 valence electrons. The van der Waals surface area contributed by atoms with Crippen LogP contribution in [0.4, 0.5) is 16.3 Å². The predicted octanol–water partition coefficient (Wildman–Crippen LogP) is 4.55. The molecule has 6 rings (SSSR count). The van der Waals surface area contributed by atoms with E-state index < -0.39 is 0 Å². The van der Waals surface area contributed by atoms with Crippen LogP contribution in [0, 0.1) is 6.92 Å². The second-order valence-electron chi connectivity index (χ2n) is 8.10. The number of nitrogens with zero attached hydrogens (tertiary/aromatic N) is 6. The average Bonchev–Trinajstić information content (AvgIpc) is 3.64. The SMILES string of the molecule is Cc1cn(-c2nccc3[nH]c(-c4ccc(NC(=O)Nc5cc(-c6cccnc6)n[nH]5)cc4)nc23)cn1. The van der Waals surface area contributed by atoms with E-state index in [1.807, 2.05) is 60.2 Å². The van der Waals surface area contributed by atoms with Crippen LogP contribution in [-0.2, 0) is 0 Å². The van der Waals surface area contributed by atoms with Gasteiger partial charge in [0, 0.05) is 47.7 Å². The third-order valence-electron chi connectivity index (χ3n) is 5.54. The van der Waals surface area contributed by atoms with Crippen LogP contribution < -0.4 is 10.6 Å². The van der Waals surface area contributed by atoms with Crippen LogP contribution in [0.25, 0.3) is 39.5 Å². The molecular formula is C25H20N10O. The van der Waals surface area contributed by atoms with Crippen LogP contribution in [0.1, 0.15) is 5.69 Å². The van der Waals surface area contributed by atoms with Gasteiger partial charge in [-0.3, -0.25) is 20.0 Å². The first-order valence-electron chi connectivity index (χ1n) is 11.1. The van der Waals surface area contributed by atoms with Crippen molar-refractivity contribution in [3.05, 3.63) is 85.3 Å². The Bertz CT molecular complexity index is 1660. The summed E-state index contributed by atoms with van der Waals surface area (Å²) >= 11 is 0. The molecule has 0 atom stereocenters. The molecule has 1 aromatic carbocycles. The zero-order valence-corrected chi connectivity index (χ0v) is 19.1. The molecule has 0 fully saturated rings. The molecule has 11 heteroatoms. The van der Waals surface area contributed by atoms with Gasteiger partial charge in [-0.2, -0.15) is 5.10 Å². The number of benzene rings is 1. The van der Waals surface area contributed by atoms with Crippen molar-refractivity contribution >= 4 is 28.6 Å². The van der Waals surface area contributed by atoms with Crippen LogP contribution in [0.5, 0.6) is 0 Å². The summed E-state index contributed by atoms with van der Waals surface area (Å²) in [6.07, 6.45) is 8.77. The lowest BCUT2D eigenvalue weighted by Gasteiger charge is -2.06. The molecule has 0 bridgehead atoms. The number of hydrogen-bond donors (Lipinski definition) is 4. The normalized spacial score (nSPS) is 11.0. The van der Waals surface area contributed by atoms with Gasteiger partial charge in [-0.05, 0) is 49.4 Å². The fourth-order valence-electron chi connectivity index (χ4n) is 3.83. The Morgan fingerprint density at radius 1 is 1.00 bits per heavy atom. The smallest absolute Gasteiger partial charge is 0.324 e. The fraction of sp³-hybridized carbons (Fsp3) is 0.0400. The summed E-state index contributed by atoms with van der Waals surface area (Å²) in [5.74, 6) is 1.88. The number of aromatic amines is 2. The number of fused-ring (bicyclic) bond motifs is 1. The zero-order chi connectivity index (χ0) is 24.5. The van der Waals surface area contributed by atoms with Crippen molar-refractivity contribution in [2.75, 3.05) is 10.6 Å². The van der Waals surface area contributed by atoms with E-state index in [1.165, 1.54) is 0 Å². The van der Waals surface area contributed by atoms with E-state index >= 15 is 0 Å². The van der Waals surface area contributed by atoms with E-state index in [0.29, 0.717) is 28.8 Å². The van der Waals surface area contributed by atoms with Gasteiger partial charge < -0.3 is 10.3 Å². The second kappa shape index (κ2) is 8.80. The van der Waals surface area contributed by atoms with Crippen LogP contribution >= 0.6 is 0 Å². The van der Waals surface area contributed by atoms with Crippen molar-refractivity contribution < 1.29 is 4.79 Å². The molecule has 0 radical (unpaired) electrons. The standard InChI is InChI=1S/C25H20N10O/c1-15-13-35(14-28-15)24-22-19(8-10-27-24)30-23(32-22)16-4-6-18(7-5-16)29-25(36)31-21-11-20(33-34-21)17-3-2-9-26-12-17/h2-14H,1H3,(H,30,32)(H3,29,31,33,34,36). The highest BCUT2D eigenvalue weighted by Crippen LogP contribution is 2.25. The molecule has 4 N–H and O–H groups in total. The lowest BCUT2D eigenvalue weighted by atomic mass is 10.2. The summed E-state index contributed by atoms with van der Waals surface area (Å²) in [6, 6.07) is 14.4. The average molecular weight is 477 g/mol. The Balaban J connectivity index is 1.16. The van der Waals surface area contributed by atoms with Gasteiger partial charge in [0.15, 0.2) is 5.82 Å². The minimum atomic E-state index is -0.390. The van der Waals surface area contributed by atoms with E-state index in [2.05, 4.69) is 40.8 Å².